The Balaban J connectivity index is 1.88. The van der Waals surface area contributed by atoms with Gasteiger partial charge < -0.3 is 15.5 Å². The van der Waals surface area contributed by atoms with Crippen LogP contribution in [-0.2, 0) is 0 Å². The smallest absolute Gasteiger partial charge is 0.255 e. The highest BCUT2D eigenvalue weighted by Crippen LogP contribution is 2.28. The molecule has 0 aliphatic carbocycles. The summed E-state index contributed by atoms with van der Waals surface area (Å²) in [4.78, 5) is 27.5. The lowest BCUT2D eigenvalue weighted by molar-refractivity contribution is 0.0942. The Morgan fingerprint density at radius 2 is 1.61 bits per heavy atom. The third kappa shape index (κ3) is 4.97. The molecule has 0 saturated carbocycles. The maximum atomic E-state index is 12.7. The molecule has 1 aliphatic rings. The molecule has 1 fully saturated rings. The highest BCUT2D eigenvalue weighted by molar-refractivity contribution is 6.35. The van der Waals surface area contributed by atoms with E-state index in [2.05, 4.69) is 15.5 Å². The first-order chi connectivity index (χ1) is 13.3. The molecule has 2 aromatic carbocycles. The summed E-state index contributed by atoms with van der Waals surface area (Å²) >= 11 is 12.0. The normalized spacial score (nSPS) is 13.7. The van der Waals surface area contributed by atoms with Crippen LogP contribution in [0, 0.1) is 0 Å². The first kappa shape index (κ1) is 20.5. The Bertz CT molecular complexity index is 873. The second-order valence-electron chi connectivity index (χ2n) is 7.17. The number of carbonyl (C=O) groups is 2. The molecule has 2 amide bonds. The summed E-state index contributed by atoms with van der Waals surface area (Å²) in [7, 11) is 0. The number of anilines is 2. The largest absolute Gasteiger partial charge is 0.371 e. The second-order valence-corrected chi connectivity index (χ2v) is 8.04. The van der Waals surface area contributed by atoms with Crippen molar-refractivity contribution in [1.29, 1.82) is 0 Å². The lowest BCUT2D eigenvalue weighted by Crippen LogP contribution is -2.32. The molecule has 0 spiro atoms. The third-order valence-electron chi connectivity index (χ3n) is 4.49. The maximum absolute atomic E-state index is 12.7. The number of nitrogens with zero attached hydrogens (tertiary/aromatic N) is 1. The molecule has 0 bridgehead atoms. The van der Waals surface area contributed by atoms with Gasteiger partial charge in [-0.1, -0.05) is 23.2 Å². The van der Waals surface area contributed by atoms with Crippen molar-refractivity contribution in [3.8, 4) is 0 Å². The first-order valence-corrected chi connectivity index (χ1v) is 10.1. The van der Waals surface area contributed by atoms with Gasteiger partial charge in [0, 0.05) is 46.1 Å². The van der Waals surface area contributed by atoms with Crippen LogP contribution < -0.4 is 15.5 Å². The minimum absolute atomic E-state index is 0.0192. The first-order valence-electron chi connectivity index (χ1n) is 9.31. The highest BCUT2D eigenvalue weighted by atomic mass is 35.5. The molecule has 1 heterocycles. The van der Waals surface area contributed by atoms with E-state index in [0.717, 1.165) is 31.6 Å². The zero-order chi connectivity index (χ0) is 20.3. The molecule has 2 N–H and O–H groups in total. The van der Waals surface area contributed by atoms with E-state index in [0.29, 0.717) is 26.9 Å². The Kier molecular flexibility index (Phi) is 6.47. The topological polar surface area (TPSA) is 61.4 Å². The van der Waals surface area contributed by atoms with Gasteiger partial charge in [-0.15, -0.1) is 0 Å². The van der Waals surface area contributed by atoms with Gasteiger partial charge in [0.25, 0.3) is 11.8 Å². The molecular weight excluding hydrogens is 397 g/mol. The number of benzene rings is 2. The number of hydrogen-bond acceptors (Lipinski definition) is 3. The van der Waals surface area contributed by atoms with E-state index in [1.165, 1.54) is 0 Å². The third-order valence-corrected chi connectivity index (χ3v) is 4.93. The van der Waals surface area contributed by atoms with Gasteiger partial charge in [0.1, 0.15) is 0 Å². The van der Waals surface area contributed by atoms with Crippen molar-refractivity contribution in [2.45, 2.75) is 32.7 Å². The fraction of sp³-hybridized carbons (Fsp3) is 0.333. The number of carbonyl (C=O) groups excluding carboxylic acids is 2. The van der Waals surface area contributed by atoms with Crippen LogP contribution in [0.25, 0.3) is 0 Å². The number of rotatable bonds is 5. The van der Waals surface area contributed by atoms with E-state index < -0.39 is 0 Å². The quantitative estimate of drug-likeness (QED) is 0.717. The van der Waals surface area contributed by atoms with E-state index in [1.807, 2.05) is 26.0 Å². The van der Waals surface area contributed by atoms with Crippen molar-refractivity contribution in [2.24, 2.45) is 0 Å². The average Bonchev–Trinajstić information content (AvgIpc) is 3.14. The number of halogens is 2. The summed E-state index contributed by atoms with van der Waals surface area (Å²) in [6.45, 7) is 5.69. The van der Waals surface area contributed by atoms with Gasteiger partial charge in [-0.05, 0) is 63.1 Å². The molecule has 0 atom stereocenters. The zero-order valence-electron chi connectivity index (χ0n) is 15.9. The zero-order valence-corrected chi connectivity index (χ0v) is 17.4. The van der Waals surface area contributed by atoms with Gasteiger partial charge in [0.15, 0.2) is 0 Å². The Morgan fingerprint density at radius 3 is 2.21 bits per heavy atom. The minimum atomic E-state index is -0.339. The summed E-state index contributed by atoms with van der Waals surface area (Å²) in [5.41, 5.74) is 2.34. The predicted octanol–water partition coefficient (Wildman–Crippen LogP) is 4.98. The van der Waals surface area contributed by atoms with Crippen molar-refractivity contribution < 1.29 is 9.59 Å². The Morgan fingerprint density at radius 1 is 0.964 bits per heavy atom. The number of hydrogen-bond donors (Lipinski definition) is 2. The molecule has 7 heteroatoms. The van der Waals surface area contributed by atoms with E-state index in [1.54, 1.807) is 24.3 Å². The van der Waals surface area contributed by atoms with Crippen LogP contribution in [0.5, 0.6) is 0 Å². The second kappa shape index (κ2) is 8.84. The van der Waals surface area contributed by atoms with Crippen molar-refractivity contribution in [3.05, 3.63) is 57.6 Å². The number of amides is 2. The van der Waals surface area contributed by atoms with Gasteiger partial charge in [-0.25, -0.2) is 0 Å². The van der Waals surface area contributed by atoms with E-state index in [-0.39, 0.29) is 17.9 Å². The van der Waals surface area contributed by atoms with Crippen LogP contribution in [0.2, 0.25) is 10.0 Å². The number of nitrogens with one attached hydrogen (secondary N) is 2. The van der Waals surface area contributed by atoms with Crippen LogP contribution in [0.15, 0.2) is 36.4 Å². The standard InChI is InChI=1S/C21H23Cl2N3O2/c1-13(2)24-21(28)18-12-17(5-6-19(18)26-7-3-4-8-26)25-20(27)14-9-15(22)11-16(23)10-14/h5-6,9-13H,3-4,7-8H2,1-2H3,(H,24,28)(H,25,27). The van der Waals surface area contributed by atoms with Gasteiger partial charge >= 0.3 is 0 Å². The van der Waals surface area contributed by atoms with Gasteiger partial charge in [0.2, 0.25) is 0 Å². The minimum Gasteiger partial charge on any atom is -0.371 e. The van der Waals surface area contributed by atoms with Crippen LogP contribution in [0.4, 0.5) is 11.4 Å². The van der Waals surface area contributed by atoms with E-state index in [9.17, 15) is 9.59 Å². The molecule has 0 radical (unpaired) electrons. The molecule has 5 nitrogen and oxygen atoms in total. The fourth-order valence-corrected chi connectivity index (χ4v) is 3.78. The molecule has 1 saturated heterocycles. The van der Waals surface area contributed by atoms with Gasteiger partial charge in [-0.2, -0.15) is 0 Å². The van der Waals surface area contributed by atoms with Crippen LogP contribution in [-0.4, -0.2) is 30.9 Å². The summed E-state index contributed by atoms with van der Waals surface area (Å²) in [6, 6.07) is 10.1. The molecule has 2 aromatic rings. The van der Waals surface area contributed by atoms with Crippen molar-refractivity contribution in [3.63, 3.8) is 0 Å². The Hall–Kier alpha value is -2.24. The SMILES string of the molecule is CC(C)NC(=O)c1cc(NC(=O)c2cc(Cl)cc(Cl)c2)ccc1N1CCCC1. The fourth-order valence-electron chi connectivity index (χ4n) is 3.26. The lowest BCUT2D eigenvalue weighted by atomic mass is 10.1. The van der Waals surface area contributed by atoms with Gasteiger partial charge in [-0.3, -0.25) is 9.59 Å². The van der Waals surface area contributed by atoms with E-state index >= 15 is 0 Å². The Labute approximate surface area is 175 Å². The summed E-state index contributed by atoms with van der Waals surface area (Å²) in [5.74, 6) is -0.493. The molecule has 0 aromatic heterocycles. The van der Waals surface area contributed by atoms with Gasteiger partial charge in [0.05, 0.1) is 5.56 Å². The summed E-state index contributed by atoms with van der Waals surface area (Å²) < 4.78 is 0. The summed E-state index contributed by atoms with van der Waals surface area (Å²) in [6.07, 6.45) is 2.22. The molecule has 148 valence electrons. The van der Waals surface area contributed by atoms with E-state index in [4.69, 9.17) is 23.2 Å². The lowest BCUT2D eigenvalue weighted by Gasteiger charge is -2.22. The summed E-state index contributed by atoms with van der Waals surface area (Å²) in [5, 5.41) is 6.54. The van der Waals surface area contributed by atoms with Crippen molar-refractivity contribution in [1.82, 2.24) is 5.32 Å². The van der Waals surface area contributed by atoms with Crippen LogP contribution in [0.3, 0.4) is 0 Å². The van der Waals surface area contributed by atoms with Crippen LogP contribution >= 0.6 is 23.2 Å². The molecule has 1 aliphatic heterocycles. The maximum Gasteiger partial charge on any atom is 0.255 e. The molecule has 3 rings (SSSR count). The highest BCUT2D eigenvalue weighted by Gasteiger charge is 2.21. The average molecular weight is 420 g/mol. The molecular formula is C21H23Cl2N3O2. The molecule has 28 heavy (non-hydrogen) atoms. The predicted molar refractivity (Wildman–Crippen MR) is 115 cm³/mol. The molecule has 0 unspecified atom stereocenters. The monoisotopic (exact) mass is 419 g/mol. The van der Waals surface area contributed by atoms with Crippen molar-refractivity contribution >= 4 is 46.4 Å². The van der Waals surface area contributed by atoms with Crippen molar-refractivity contribution in [2.75, 3.05) is 23.3 Å². The van der Waals surface area contributed by atoms with Crippen LogP contribution in [0.1, 0.15) is 47.4 Å².